The molecule has 2 aliphatic heterocycles. The lowest BCUT2D eigenvalue weighted by atomic mass is 9.75. The van der Waals surface area contributed by atoms with Crippen LogP contribution in [0.2, 0.25) is 0 Å². The number of halogens is 1. The number of carbonyl (C=O) groups excluding carboxylic acids is 1. The molecule has 2 saturated heterocycles. The van der Waals surface area contributed by atoms with E-state index in [1.807, 2.05) is 23.4 Å². The van der Waals surface area contributed by atoms with Gasteiger partial charge in [0.25, 0.3) is 0 Å². The van der Waals surface area contributed by atoms with Crippen molar-refractivity contribution in [3.8, 4) is 0 Å². The number of methoxy groups -OCH3 is 1. The number of likely N-dealkylation sites (tertiary alicyclic amines) is 2. The maximum atomic E-state index is 13.1. The van der Waals surface area contributed by atoms with Gasteiger partial charge >= 0.3 is 0 Å². The molecule has 0 bridgehead atoms. The third-order valence-corrected chi connectivity index (χ3v) is 6.76. The number of hydrogen-bond donors (Lipinski definition) is 0. The standard InChI is InChI=1S/C21H30FN3O2/c1-27-14-19-11-21(15-25(19)13-16-3-2-6-23-12-16)4-7-24(8-5-21)20(26)17-9-18(22)10-17/h2-3,6,12,17-19H,4-5,7-11,13-15H2,1H3. The highest BCUT2D eigenvalue weighted by Gasteiger charge is 2.47. The van der Waals surface area contributed by atoms with E-state index in [2.05, 4.69) is 16.0 Å². The molecule has 1 atom stereocenters. The summed E-state index contributed by atoms with van der Waals surface area (Å²) in [5, 5.41) is 0. The zero-order chi connectivity index (χ0) is 18.9. The van der Waals surface area contributed by atoms with Crippen molar-refractivity contribution in [1.29, 1.82) is 0 Å². The average molecular weight is 375 g/mol. The molecule has 5 nitrogen and oxygen atoms in total. The first-order chi connectivity index (χ1) is 13.1. The zero-order valence-electron chi connectivity index (χ0n) is 16.1. The zero-order valence-corrected chi connectivity index (χ0v) is 16.1. The third kappa shape index (κ3) is 4.02. The van der Waals surface area contributed by atoms with Gasteiger partial charge in [-0.05, 0) is 49.1 Å². The normalized spacial score (nSPS) is 30.4. The van der Waals surface area contributed by atoms with Gasteiger partial charge < -0.3 is 9.64 Å². The average Bonchev–Trinajstić information content (AvgIpc) is 2.97. The molecule has 0 aromatic carbocycles. The van der Waals surface area contributed by atoms with Gasteiger partial charge in [0.15, 0.2) is 0 Å². The van der Waals surface area contributed by atoms with E-state index in [1.165, 1.54) is 5.56 Å². The van der Waals surface area contributed by atoms with Gasteiger partial charge in [-0.1, -0.05) is 6.07 Å². The first-order valence-corrected chi connectivity index (χ1v) is 10.1. The van der Waals surface area contributed by atoms with Crippen LogP contribution in [0.5, 0.6) is 0 Å². The maximum Gasteiger partial charge on any atom is 0.225 e. The van der Waals surface area contributed by atoms with E-state index in [1.54, 1.807) is 7.11 Å². The lowest BCUT2D eigenvalue weighted by Crippen LogP contribution is -2.48. The Morgan fingerprint density at radius 1 is 1.37 bits per heavy atom. The van der Waals surface area contributed by atoms with Crippen LogP contribution in [0.15, 0.2) is 24.5 Å². The van der Waals surface area contributed by atoms with E-state index < -0.39 is 6.17 Å². The van der Waals surface area contributed by atoms with E-state index in [9.17, 15) is 9.18 Å². The van der Waals surface area contributed by atoms with Gasteiger partial charge in [-0.3, -0.25) is 14.7 Å². The first kappa shape index (κ1) is 18.8. The fraction of sp³-hybridized carbons (Fsp3) is 0.714. The summed E-state index contributed by atoms with van der Waals surface area (Å²) in [5.41, 5.74) is 1.50. The summed E-state index contributed by atoms with van der Waals surface area (Å²) in [6.45, 7) is 4.31. The second kappa shape index (κ2) is 7.84. The quantitative estimate of drug-likeness (QED) is 0.794. The van der Waals surface area contributed by atoms with Crippen molar-refractivity contribution in [2.45, 2.75) is 50.9 Å². The van der Waals surface area contributed by atoms with Crippen LogP contribution < -0.4 is 0 Å². The van der Waals surface area contributed by atoms with E-state index in [0.29, 0.717) is 18.9 Å². The van der Waals surface area contributed by atoms with Crippen LogP contribution in [0.1, 0.15) is 37.7 Å². The summed E-state index contributed by atoms with van der Waals surface area (Å²) < 4.78 is 18.6. The molecule has 0 radical (unpaired) electrons. The molecule has 1 unspecified atom stereocenters. The Balaban J connectivity index is 1.37. The van der Waals surface area contributed by atoms with Gasteiger partial charge in [-0.25, -0.2) is 4.39 Å². The summed E-state index contributed by atoms with van der Waals surface area (Å²) >= 11 is 0. The molecule has 1 amide bonds. The fourth-order valence-corrected chi connectivity index (χ4v) is 5.09. The number of alkyl halides is 1. The van der Waals surface area contributed by atoms with Gasteiger partial charge in [-0.15, -0.1) is 0 Å². The minimum atomic E-state index is -0.763. The summed E-state index contributed by atoms with van der Waals surface area (Å²) in [7, 11) is 1.77. The highest BCUT2D eigenvalue weighted by atomic mass is 19.1. The Morgan fingerprint density at radius 2 is 2.15 bits per heavy atom. The van der Waals surface area contributed by atoms with Crippen molar-refractivity contribution in [3.63, 3.8) is 0 Å². The van der Waals surface area contributed by atoms with Gasteiger partial charge in [0.2, 0.25) is 5.91 Å². The molecule has 27 heavy (non-hydrogen) atoms. The summed E-state index contributed by atoms with van der Waals surface area (Å²) in [6.07, 6.45) is 7.03. The molecule has 1 aromatic rings. The summed E-state index contributed by atoms with van der Waals surface area (Å²) in [6, 6.07) is 4.52. The van der Waals surface area contributed by atoms with Crippen molar-refractivity contribution in [3.05, 3.63) is 30.1 Å². The molecule has 148 valence electrons. The predicted octanol–water partition coefficient (Wildman–Crippen LogP) is 2.66. The van der Waals surface area contributed by atoms with E-state index in [4.69, 9.17) is 4.74 Å². The Morgan fingerprint density at radius 3 is 2.78 bits per heavy atom. The highest BCUT2D eigenvalue weighted by molar-refractivity contribution is 5.80. The number of aromatic nitrogens is 1. The molecule has 4 rings (SSSR count). The first-order valence-electron chi connectivity index (χ1n) is 10.1. The van der Waals surface area contributed by atoms with Crippen LogP contribution in [0.3, 0.4) is 0 Å². The molecule has 3 fully saturated rings. The number of nitrogens with zero attached hydrogens (tertiary/aromatic N) is 3. The number of piperidine rings is 1. The van der Waals surface area contributed by atoms with Gasteiger partial charge in [0, 0.05) is 57.6 Å². The second-order valence-corrected chi connectivity index (χ2v) is 8.67. The number of hydrogen-bond acceptors (Lipinski definition) is 4. The van der Waals surface area contributed by atoms with Crippen LogP contribution in [0, 0.1) is 11.3 Å². The van der Waals surface area contributed by atoms with Crippen molar-refractivity contribution in [2.24, 2.45) is 11.3 Å². The maximum absolute atomic E-state index is 13.1. The molecule has 1 aliphatic carbocycles. The summed E-state index contributed by atoms with van der Waals surface area (Å²) in [4.78, 5) is 21.3. The SMILES string of the molecule is COCC1CC2(CCN(C(=O)C3CC(F)C3)CC2)CN1Cc1cccnc1. The van der Waals surface area contributed by atoms with Gasteiger partial charge in [-0.2, -0.15) is 0 Å². The molecule has 1 saturated carbocycles. The number of amides is 1. The van der Waals surface area contributed by atoms with E-state index in [-0.39, 0.29) is 17.2 Å². The fourth-order valence-electron chi connectivity index (χ4n) is 5.09. The second-order valence-electron chi connectivity index (χ2n) is 8.67. The van der Waals surface area contributed by atoms with E-state index >= 15 is 0 Å². The van der Waals surface area contributed by atoms with Crippen molar-refractivity contribution >= 4 is 5.91 Å². The van der Waals surface area contributed by atoms with Gasteiger partial charge in [0.05, 0.1) is 6.61 Å². The lowest BCUT2D eigenvalue weighted by Gasteiger charge is -2.42. The van der Waals surface area contributed by atoms with Gasteiger partial charge in [0.1, 0.15) is 6.17 Å². The van der Waals surface area contributed by atoms with Crippen LogP contribution in [-0.4, -0.2) is 66.3 Å². The topological polar surface area (TPSA) is 45.7 Å². The van der Waals surface area contributed by atoms with Crippen LogP contribution in [0.4, 0.5) is 4.39 Å². The minimum absolute atomic E-state index is 0.0686. The smallest absolute Gasteiger partial charge is 0.225 e. The van der Waals surface area contributed by atoms with E-state index in [0.717, 1.165) is 52.0 Å². The molecular weight excluding hydrogens is 345 g/mol. The van der Waals surface area contributed by atoms with Crippen LogP contribution in [-0.2, 0) is 16.1 Å². The largest absolute Gasteiger partial charge is 0.383 e. The highest BCUT2D eigenvalue weighted by Crippen LogP contribution is 2.44. The number of rotatable bonds is 5. The van der Waals surface area contributed by atoms with Crippen LogP contribution in [0.25, 0.3) is 0 Å². The molecule has 0 N–H and O–H groups in total. The molecule has 1 spiro atoms. The number of pyridine rings is 1. The lowest BCUT2D eigenvalue weighted by molar-refractivity contribution is -0.142. The number of carbonyl (C=O) groups is 1. The van der Waals surface area contributed by atoms with Crippen molar-refractivity contribution in [2.75, 3.05) is 33.4 Å². The Labute approximate surface area is 160 Å². The summed E-state index contributed by atoms with van der Waals surface area (Å²) in [5.74, 6) is 0.110. The molecule has 1 aromatic heterocycles. The minimum Gasteiger partial charge on any atom is -0.383 e. The predicted molar refractivity (Wildman–Crippen MR) is 101 cm³/mol. The molecular formula is C21H30FN3O2. The number of ether oxygens (including phenoxy) is 1. The molecule has 6 heteroatoms. The Hall–Kier alpha value is -1.53. The monoisotopic (exact) mass is 375 g/mol. The molecule has 3 heterocycles. The Bertz CT molecular complexity index is 642. The van der Waals surface area contributed by atoms with Crippen LogP contribution >= 0.6 is 0 Å². The Kier molecular flexibility index (Phi) is 5.46. The van der Waals surface area contributed by atoms with Crippen molar-refractivity contribution < 1.29 is 13.9 Å². The third-order valence-electron chi connectivity index (χ3n) is 6.76. The molecule has 3 aliphatic rings. The van der Waals surface area contributed by atoms with Crippen molar-refractivity contribution in [1.82, 2.24) is 14.8 Å².